The lowest BCUT2D eigenvalue weighted by Crippen LogP contribution is -2.41. The van der Waals surface area contributed by atoms with Gasteiger partial charge in [0.05, 0.1) is 11.7 Å². The highest BCUT2D eigenvalue weighted by molar-refractivity contribution is 5.92. The van der Waals surface area contributed by atoms with Crippen LogP contribution in [0.15, 0.2) is 18.2 Å². The minimum atomic E-state index is -0.0564. The Morgan fingerprint density at radius 3 is 2.62 bits per heavy atom. The Morgan fingerprint density at radius 2 is 2.04 bits per heavy atom. The summed E-state index contributed by atoms with van der Waals surface area (Å²) in [6.45, 7) is 5.48. The number of carbonyl (C=O) groups excluding carboxylic acids is 1. The minimum absolute atomic E-state index is 0.0564. The zero-order chi connectivity index (χ0) is 17.3. The summed E-state index contributed by atoms with van der Waals surface area (Å²) in [6.07, 6.45) is 2.01. The number of piperidine rings is 1. The first-order valence-corrected chi connectivity index (χ1v) is 8.29. The molecule has 1 saturated heterocycles. The second-order valence-corrected chi connectivity index (χ2v) is 6.59. The Kier molecular flexibility index (Phi) is 4.51. The number of rotatable bonds is 3. The maximum absolute atomic E-state index is 12.7. The van der Waals surface area contributed by atoms with Crippen molar-refractivity contribution < 1.29 is 4.79 Å². The van der Waals surface area contributed by atoms with Crippen LogP contribution in [-0.4, -0.2) is 58.0 Å². The molecule has 2 aromatic heterocycles. The molecule has 0 saturated carbocycles. The van der Waals surface area contributed by atoms with Crippen molar-refractivity contribution in [1.82, 2.24) is 24.9 Å². The van der Waals surface area contributed by atoms with Crippen molar-refractivity contribution in [1.29, 1.82) is 0 Å². The summed E-state index contributed by atoms with van der Waals surface area (Å²) in [5, 5.41) is 12.8. The highest BCUT2D eigenvalue weighted by atomic mass is 16.2. The van der Waals surface area contributed by atoms with E-state index >= 15 is 0 Å². The summed E-state index contributed by atoms with van der Waals surface area (Å²) in [7, 11) is 3.80. The molecule has 0 unspecified atom stereocenters. The molecule has 0 bridgehead atoms. The number of hydrogen-bond donors (Lipinski definition) is 0. The molecular weight excluding hydrogens is 304 g/mol. The van der Waals surface area contributed by atoms with Crippen molar-refractivity contribution in [3.63, 3.8) is 0 Å². The molecule has 128 valence electrons. The zero-order valence-electron chi connectivity index (χ0n) is 14.7. The van der Waals surface area contributed by atoms with Gasteiger partial charge in [-0.25, -0.2) is 0 Å². The van der Waals surface area contributed by atoms with Crippen LogP contribution in [-0.2, 0) is 0 Å². The zero-order valence-corrected chi connectivity index (χ0v) is 14.7. The fourth-order valence-corrected chi connectivity index (χ4v) is 3.19. The van der Waals surface area contributed by atoms with E-state index in [1.54, 1.807) is 6.07 Å². The number of amides is 1. The quantitative estimate of drug-likeness (QED) is 0.860. The van der Waals surface area contributed by atoms with Crippen LogP contribution < -0.4 is 4.90 Å². The average molecular weight is 328 g/mol. The third-order valence-corrected chi connectivity index (χ3v) is 4.40. The van der Waals surface area contributed by atoms with Gasteiger partial charge in [0.2, 0.25) is 0 Å². The fraction of sp³-hybridized carbons (Fsp3) is 0.529. The molecule has 1 fully saturated rings. The molecule has 0 aromatic carbocycles. The predicted octanol–water partition coefficient (Wildman–Crippen LogP) is 1.83. The highest BCUT2D eigenvalue weighted by Crippen LogP contribution is 2.24. The molecule has 24 heavy (non-hydrogen) atoms. The van der Waals surface area contributed by atoms with Crippen molar-refractivity contribution in [2.24, 2.45) is 0 Å². The SMILES string of the molecule is Cc1cc(C)n([C@H]2CCCN(C(=O)c3ccc(N(C)C)nn3)C2)n1. The van der Waals surface area contributed by atoms with E-state index in [4.69, 9.17) is 0 Å². The first-order valence-electron chi connectivity index (χ1n) is 8.29. The van der Waals surface area contributed by atoms with Crippen molar-refractivity contribution in [3.8, 4) is 0 Å². The molecule has 1 aliphatic heterocycles. The van der Waals surface area contributed by atoms with Gasteiger partial charge in [-0.05, 0) is 44.9 Å². The number of aromatic nitrogens is 4. The normalized spacial score (nSPS) is 17.8. The van der Waals surface area contributed by atoms with Crippen LogP contribution in [0.5, 0.6) is 0 Å². The van der Waals surface area contributed by atoms with Crippen molar-refractivity contribution in [2.75, 3.05) is 32.1 Å². The van der Waals surface area contributed by atoms with E-state index < -0.39 is 0 Å². The van der Waals surface area contributed by atoms with Crippen LogP contribution in [0.3, 0.4) is 0 Å². The van der Waals surface area contributed by atoms with E-state index in [0.717, 1.165) is 36.6 Å². The van der Waals surface area contributed by atoms with E-state index in [2.05, 4.69) is 33.0 Å². The van der Waals surface area contributed by atoms with Crippen LogP contribution in [0, 0.1) is 13.8 Å². The van der Waals surface area contributed by atoms with Gasteiger partial charge in [-0.1, -0.05) is 0 Å². The summed E-state index contributed by atoms with van der Waals surface area (Å²) in [5.41, 5.74) is 2.55. The van der Waals surface area contributed by atoms with Gasteiger partial charge in [-0.15, -0.1) is 10.2 Å². The molecule has 0 aliphatic carbocycles. The lowest BCUT2D eigenvalue weighted by molar-refractivity contribution is 0.0664. The summed E-state index contributed by atoms with van der Waals surface area (Å²) in [4.78, 5) is 16.5. The van der Waals surface area contributed by atoms with E-state index in [9.17, 15) is 4.79 Å². The van der Waals surface area contributed by atoms with Crippen LogP contribution in [0.4, 0.5) is 5.82 Å². The largest absolute Gasteiger partial charge is 0.361 e. The van der Waals surface area contributed by atoms with Gasteiger partial charge in [-0.3, -0.25) is 9.48 Å². The standard InChI is InChI=1S/C17H24N6O/c1-12-10-13(2)23(20-12)14-6-5-9-22(11-14)17(24)15-7-8-16(19-18-15)21(3)4/h7-8,10,14H,5-6,9,11H2,1-4H3/t14-/m0/s1. The topological polar surface area (TPSA) is 67.2 Å². The third kappa shape index (κ3) is 3.25. The number of carbonyl (C=O) groups is 1. The van der Waals surface area contributed by atoms with Gasteiger partial charge in [0, 0.05) is 32.9 Å². The van der Waals surface area contributed by atoms with Gasteiger partial charge < -0.3 is 9.80 Å². The third-order valence-electron chi connectivity index (χ3n) is 4.40. The van der Waals surface area contributed by atoms with E-state index in [0.29, 0.717) is 12.2 Å². The lowest BCUT2D eigenvalue weighted by Gasteiger charge is -2.33. The number of anilines is 1. The summed E-state index contributed by atoms with van der Waals surface area (Å²) in [6, 6.07) is 5.87. The number of hydrogen-bond acceptors (Lipinski definition) is 5. The van der Waals surface area contributed by atoms with Crippen LogP contribution in [0.2, 0.25) is 0 Å². The number of nitrogens with zero attached hydrogens (tertiary/aromatic N) is 6. The molecule has 0 radical (unpaired) electrons. The molecule has 0 N–H and O–H groups in total. The van der Waals surface area contributed by atoms with E-state index in [1.807, 2.05) is 36.9 Å². The predicted molar refractivity (Wildman–Crippen MR) is 92.2 cm³/mol. The maximum atomic E-state index is 12.7. The molecule has 3 heterocycles. The average Bonchev–Trinajstić information content (AvgIpc) is 2.93. The Labute approximate surface area is 142 Å². The summed E-state index contributed by atoms with van der Waals surface area (Å²) >= 11 is 0. The summed E-state index contributed by atoms with van der Waals surface area (Å²) < 4.78 is 2.05. The van der Waals surface area contributed by atoms with Crippen molar-refractivity contribution in [2.45, 2.75) is 32.7 Å². The second kappa shape index (κ2) is 6.59. The fourth-order valence-electron chi connectivity index (χ4n) is 3.19. The van der Waals surface area contributed by atoms with Crippen molar-refractivity contribution in [3.05, 3.63) is 35.3 Å². The first-order chi connectivity index (χ1) is 11.5. The Bertz CT molecular complexity index is 721. The van der Waals surface area contributed by atoms with Crippen molar-refractivity contribution >= 4 is 11.7 Å². The number of aryl methyl sites for hydroxylation is 2. The number of likely N-dealkylation sites (tertiary alicyclic amines) is 1. The minimum Gasteiger partial charge on any atom is -0.361 e. The molecule has 1 aliphatic rings. The molecular formula is C17H24N6O. The van der Waals surface area contributed by atoms with Gasteiger partial charge in [-0.2, -0.15) is 5.10 Å². The first kappa shape index (κ1) is 16.4. The second-order valence-electron chi connectivity index (χ2n) is 6.59. The van der Waals surface area contributed by atoms with Crippen LogP contribution in [0.25, 0.3) is 0 Å². The summed E-state index contributed by atoms with van der Waals surface area (Å²) in [5.74, 6) is 0.685. The van der Waals surface area contributed by atoms with E-state index in [1.165, 1.54) is 0 Å². The molecule has 1 atom stereocenters. The van der Waals surface area contributed by atoms with Gasteiger partial charge in [0.15, 0.2) is 11.5 Å². The smallest absolute Gasteiger partial charge is 0.274 e. The molecule has 1 amide bonds. The molecule has 7 nitrogen and oxygen atoms in total. The Balaban J connectivity index is 1.74. The monoisotopic (exact) mass is 328 g/mol. The maximum Gasteiger partial charge on any atom is 0.274 e. The Hall–Kier alpha value is -2.44. The molecule has 0 spiro atoms. The Morgan fingerprint density at radius 1 is 1.25 bits per heavy atom. The molecule has 2 aromatic rings. The van der Waals surface area contributed by atoms with Crippen LogP contribution in [0.1, 0.15) is 40.8 Å². The van der Waals surface area contributed by atoms with Crippen LogP contribution >= 0.6 is 0 Å². The van der Waals surface area contributed by atoms with Gasteiger partial charge in [0.1, 0.15) is 0 Å². The molecule has 3 rings (SSSR count). The lowest BCUT2D eigenvalue weighted by atomic mass is 10.1. The highest BCUT2D eigenvalue weighted by Gasteiger charge is 2.27. The van der Waals surface area contributed by atoms with E-state index in [-0.39, 0.29) is 11.9 Å². The van der Waals surface area contributed by atoms with Gasteiger partial charge in [0.25, 0.3) is 5.91 Å². The molecule has 7 heteroatoms. The van der Waals surface area contributed by atoms with Gasteiger partial charge >= 0.3 is 0 Å².